The van der Waals surface area contributed by atoms with Gasteiger partial charge in [0, 0.05) is 19.2 Å². The maximum absolute atomic E-state index is 11.9. The Labute approximate surface area is 118 Å². The second-order valence-corrected chi connectivity index (χ2v) is 4.66. The maximum atomic E-state index is 11.9. The summed E-state index contributed by atoms with van der Waals surface area (Å²) in [5.41, 5.74) is 1.50. The molecule has 1 aromatic rings. The molecule has 1 atom stereocenters. The fourth-order valence-corrected chi connectivity index (χ4v) is 1.90. The van der Waals surface area contributed by atoms with Crippen molar-refractivity contribution >= 4 is 11.9 Å². The number of rotatable bonds is 8. The van der Waals surface area contributed by atoms with Gasteiger partial charge in [-0.3, -0.25) is 9.59 Å². The summed E-state index contributed by atoms with van der Waals surface area (Å²) in [7, 11) is 1.61. The molecule has 0 heterocycles. The lowest BCUT2D eigenvalue weighted by Crippen LogP contribution is -2.32. The zero-order chi connectivity index (χ0) is 15.0. The van der Waals surface area contributed by atoms with Crippen molar-refractivity contribution in [1.29, 1.82) is 0 Å². The van der Waals surface area contributed by atoms with Crippen LogP contribution in [-0.2, 0) is 16.1 Å². The number of carbonyl (C=O) groups excluding carboxylic acids is 1. The Morgan fingerprint density at radius 3 is 2.45 bits per heavy atom. The lowest BCUT2D eigenvalue weighted by molar-refractivity contribution is -0.141. The van der Waals surface area contributed by atoms with Gasteiger partial charge in [-0.05, 0) is 24.1 Å². The molecule has 0 aromatic heterocycles. The molecule has 0 radical (unpaired) electrons. The summed E-state index contributed by atoms with van der Waals surface area (Å²) in [6, 6.07) is 7.05. The van der Waals surface area contributed by atoms with Gasteiger partial charge in [0.25, 0.3) is 5.91 Å². The Morgan fingerprint density at radius 2 is 1.95 bits per heavy atom. The van der Waals surface area contributed by atoms with Crippen molar-refractivity contribution in [2.75, 3.05) is 13.7 Å². The van der Waals surface area contributed by atoms with Crippen molar-refractivity contribution in [1.82, 2.24) is 5.32 Å². The Morgan fingerprint density at radius 1 is 1.30 bits per heavy atom. The minimum absolute atomic E-state index is 0.155. The zero-order valence-electron chi connectivity index (χ0n) is 11.9. The fraction of sp³-hybridized carbons (Fsp3) is 0.467. The summed E-state index contributed by atoms with van der Waals surface area (Å²) < 4.78 is 4.99. The first-order valence-electron chi connectivity index (χ1n) is 6.67. The summed E-state index contributed by atoms with van der Waals surface area (Å²) in [5.74, 6) is -1.66. The first kappa shape index (κ1) is 16.2. The molecular weight excluding hydrogens is 258 g/mol. The maximum Gasteiger partial charge on any atom is 0.308 e. The number of nitrogens with one attached hydrogen (secondary N) is 1. The van der Waals surface area contributed by atoms with Gasteiger partial charge in [-0.15, -0.1) is 0 Å². The molecule has 20 heavy (non-hydrogen) atoms. The van der Waals surface area contributed by atoms with Crippen molar-refractivity contribution in [2.45, 2.75) is 26.4 Å². The van der Waals surface area contributed by atoms with E-state index in [1.807, 2.05) is 19.1 Å². The van der Waals surface area contributed by atoms with E-state index in [0.29, 0.717) is 18.6 Å². The highest BCUT2D eigenvalue weighted by atomic mass is 16.5. The number of carbonyl (C=O) groups is 2. The average molecular weight is 279 g/mol. The van der Waals surface area contributed by atoms with E-state index in [1.165, 1.54) is 0 Å². The van der Waals surface area contributed by atoms with Crippen LogP contribution < -0.4 is 5.32 Å². The lowest BCUT2D eigenvalue weighted by Gasteiger charge is -2.12. The number of ether oxygens (including phenoxy) is 1. The number of methoxy groups -OCH3 is 1. The highest BCUT2D eigenvalue weighted by molar-refractivity contribution is 5.94. The summed E-state index contributed by atoms with van der Waals surface area (Å²) in [5, 5.41) is 11.7. The largest absolute Gasteiger partial charge is 0.481 e. The van der Waals surface area contributed by atoms with Crippen LogP contribution in [0.5, 0.6) is 0 Å². The Hall–Kier alpha value is -1.88. The van der Waals surface area contributed by atoms with Crippen LogP contribution in [0.3, 0.4) is 0 Å². The van der Waals surface area contributed by atoms with Gasteiger partial charge in [0.2, 0.25) is 0 Å². The van der Waals surface area contributed by atoms with Gasteiger partial charge in [0.05, 0.1) is 12.5 Å². The van der Waals surface area contributed by atoms with Crippen LogP contribution in [0.2, 0.25) is 0 Å². The predicted octanol–water partition coefficient (Wildman–Crippen LogP) is 2.06. The zero-order valence-corrected chi connectivity index (χ0v) is 11.9. The van der Waals surface area contributed by atoms with Crippen molar-refractivity contribution < 1.29 is 19.4 Å². The summed E-state index contributed by atoms with van der Waals surface area (Å²) in [6.07, 6.45) is 1.33. The van der Waals surface area contributed by atoms with E-state index in [2.05, 4.69) is 5.32 Å². The Kier molecular flexibility index (Phi) is 6.73. The molecule has 0 saturated heterocycles. The van der Waals surface area contributed by atoms with Crippen LogP contribution in [0.25, 0.3) is 0 Å². The summed E-state index contributed by atoms with van der Waals surface area (Å²) in [4.78, 5) is 22.9. The lowest BCUT2D eigenvalue weighted by atomic mass is 10.0. The summed E-state index contributed by atoms with van der Waals surface area (Å²) >= 11 is 0. The van der Waals surface area contributed by atoms with E-state index in [0.717, 1.165) is 12.0 Å². The molecule has 0 aliphatic heterocycles. The molecule has 0 saturated carbocycles. The smallest absolute Gasteiger partial charge is 0.308 e. The number of carboxylic acids is 1. The standard InChI is InChI=1S/C15H21NO4/c1-3-4-13(15(18)19)9-16-14(17)12-7-5-11(6-8-12)10-20-2/h5-8,13H,3-4,9-10H2,1-2H3,(H,16,17)(H,18,19). The normalized spacial score (nSPS) is 11.9. The Bertz CT molecular complexity index is 442. The molecule has 1 amide bonds. The van der Waals surface area contributed by atoms with Gasteiger partial charge in [0.1, 0.15) is 0 Å². The number of hydrogen-bond acceptors (Lipinski definition) is 3. The SMILES string of the molecule is CCCC(CNC(=O)c1ccc(COC)cc1)C(=O)O. The number of carboxylic acid groups (broad SMARTS) is 1. The Balaban J connectivity index is 2.55. The molecule has 0 spiro atoms. The molecule has 2 N–H and O–H groups in total. The highest BCUT2D eigenvalue weighted by Gasteiger charge is 2.17. The minimum atomic E-state index is -0.873. The van der Waals surface area contributed by atoms with E-state index in [9.17, 15) is 9.59 Å². The van der Waals surface area contributed by atoms with Gasteiger partial charge in [-0.2, -0.15) is 0 Å². The van der Waals surface area contributed by atoms with E-state index in [-0.39, 0.29) is 12.5 Å². The van der Waals surface area contributed by atoms with Crippen LogP contribution in [0.15, 0.2) is 24.3 Å². The van der Waals surface area contributed by atoms with Crippen molar-refractivity contribution in [3.05, 3.63) is 35.4 Å². The molecule has 1 unspecified atom stereocenters. The van der Waals surface area contributed by atoms with E-state index in [4.69, 9.17) is 9.84 Å². The molecule has 0 aliphatic carbocycles. The highest BCUT2D eigenvalue weighted by Crippen LogP contribution is 2.08. The van der Waals surface area contributed by atoms with Gasteiger partial charge >= 0.3 is 5.97 Å². The molecule has 0 bridgehead atoms. The molecule has 1 rings (SSSR count). The molecule has 5 nitrogen and oxygen atoms in total. The minimum Gasteiger partial charge on any atom is -0.481 e. The van der Waals surface area contributed by atoms with E-state index >= 15 is 0 Å². The summed E-state index contributed by atoms with van der Waals surface area (Å²) in [6.45, 7) is 2.58. The number of hydrogen-bond donors (Lipinski definition) is 2. The quantitative estimate of drug-likeness (QED) is 0.763. The monoisotopic (exact) mass is 279 g/mol. The van der Waals surface area contributed by atoms with Gasteiger partial charge < -0.3 is 15.2 Å². The third-order valence-corrected chi connectivity index (χ3v) is 3.02. The van der Waals surface area contributed by atoms with Crippen LogP contribution in [0.1, 0.15) is 35.7 Å². The van der Waals surface area contributed by atoms with Crippen LogP contribution >= 0.6 is 0 Å². The molecule has 1 aromatic carbocycles. The van der Waals surface area contributed by atoms with Crippen LogP contribution in [0, 0.1) is 5.92 Å². The number of aliphatic carboxylic acids is 1. The number of amides is 1. The second kappa shape index (κ2) is 8.32. The van der Waals surface area contributed by atoms with Crippen molar-refractivity contribution in [2.24, 2.45) is 5.92 Å². The third kappa shape index (κ3) is 5.01. The van der Waals surface area contributed by atoms with Crippen molar-refractivity contribution in [3.8, 4) is 0 Å². The van der Waals surface area contributed by atoms with Gasteiger partial charge in [0.15, 0.2) is 0 Å². The van der Waals surface area contributed by atoms with E-state index < -0.39 is 11.9 Å². The first-order chi connectivity index (χ1) is 9.58. The average Bonchev–Trinajstić information content (AvgIpc) is 2.44. The predicted molar refractivity (Wildman–Crippen MR) is 75.5 cm³/mol. The van der Waals surface area contributed by atoms with Crippen LogP contribution in [-0.4, -0.2) is 30.6 Å². The molecule has 0 fully saturated rings. The van der Waals surface area contributed by atoms with Gasteiger partial charge in [-0.25, -0.2) is 0 Å². The topological polar surface area (TPSA) is 75.6 Å². The molecular formula is C15H21NO4. The number of benzene rings is 1. The molecule has 110 valence electrons. The van der Waals surface area contributed by atoms with Gasteiger partial charge in [-0.1, -0.05) is 25.5 Å². The first-order valence-corrected chi connectivity index (χ1v) is 6.67. The molecule has 0 aliphatic rings. The van der Waals surface area contributed by atoms with Crippen molar-refractivity contribution in [3.63, 3.8) is 0 Å². The van der Waals surface area contributed by atoms with E-state index in [1.54, 1.807) is 19.2 Å². The molecule has 5 heteroatoms. The fourth-order valence-electron chi connectivity index (χ4n) is 1.90. The van der Waals surface area contributed by atoms with Crippen LogP contribution in [0.4, 0.5) is 0 Å². The third-order valence-electron chi connectivity index (χ3n) is 3.02. The second-order valence-electron chi connectivity index (χ2n) is 4.66.